The van der Waals surface area contributed by atoms with Gasteiger partial charge in [0.2, 0.25) is 5.62 Å². The smallest absolute Gasteiger partial charge is 0.212 e. The van der Waals surface area contributed by atoms with E-state index >= 15 is 0 Å². The summed E-state index contributed by atoms with van der Waals surface area (Å²) in [5.41, 5.74) is 10.1. The molecule has 1 heterocycles. The number of nitrogens with zero attached hydrogens (tertiary/aromatic N) is 2. The highest BCUT2D eigenvalue weighted by Gasteiger charge is 2.24. The van der Waals surface area contributed by atoms with Crippen molar-refractivity contribution in [2.75, 3.05) is 0 Å². The Hall–Kier alpha value is -3.07. The molecule has 3 nitrogen and oxygen atoms in total. The van der Waals surface area contributed by atoms with Crippen LogP contribution in [0.3, 0.4) is 0 Å². The second-order valence-corrected chi connectivity index (χ2v) is 10.7. The number of hydrogen-bond acceptors (Lipinski definition) is 1. The Morgan fingerprint density at radius 2 is 0.765 bits per heavy atom. The van der Waals surface area contributed by atoms with Crippen molar-refractivity contribution in [3.05, 3.63) is 88.5 Å². The van der Waals surface area contributed by atoms with E-state index in [0.29, 0.717) is 29.3 Å². The zero-order valence-corrected chi connectivity index (χ0v) is 22.0. The third-order valence-corrected chi connectivity index (χ3v) is 6.92. The van der Waals surface area contributed by atoms with Gasteiger partial charge >= 0.3 is 0 Å². The van der Waals surface area contributed by atoms with E-state index in [9.17, 15) is 5.41 Å². The number of hydrogen-bond donors (Lipinski definition) is 1. The Morgan fingerprint density at radius 3 is 1.03 bits per heavy atom. The second-order valence-electron chi connectivity index (χ2n) is 10.7. The van der Waals surface area contributed by atoms with E-state index in [-0.39, 0.29) is 0 Å². The van der Waals surface area contributed by atoms with Crippen LogP contribution >= 0.6 is 0 Å². The quantitative estimate of drug-likeness (QED) is 0.304. The lowest BCUT2D eigenvalue weighted by Gasteiger charge is -2.22. The minimum atomic E-state index is 0.358. The van der Waals surface area contributed by atoms with E-state index in [1.54, 1.807) is 0 Å². The van der Waals surface area contributed by atoms with Gasteiger partial charge in [0.1, 0.15) is 0 Å². The summed E-state index contributed by atoms with van der Waals surface area (Å²) < 4.78 is 4.39. The van der Waals surface area contributed by atoms with Crippen LogP contribution in [0.15, 0.2) is 60.7 Å². The first-order valence-corrected chi connectivity index (χ1v) is 12.7. The standard InChI is InChI=1S/C31H39N3/c1-19(2)23-13-11-14-24(20(3)4)29(23)33-27-17-9-10-18-28(27)34(31(33)32)30-25(21(5)6)15-12-16-26(30)22(7)8/h9-22,32H,1-8H3. The highest BCUT2D eigenvalue weighted by molar-refractivity contribution is 5.81. The highest BCUT2D eigenvalue weighted by atomic mass is 15.2. The molecule has 0 aliphatic carbocycles. The van der Waals surface area contributed by atoms with Gasteiger partial charge in [0.25, 0.3) is 0 Å². The number of nitrogens with one attached hydrogen (secondary N) is 1. The normalized spacial score (nSPS) is 12.1. The lowest BCUT2D eigenvalue weighted by Crippen LogP contribution is -2.26. The predicted molar refractivity (Wildman–Crippen MR) is 145 cm³/mol. The SMILES string of the molecule is CC(C)c1cccc(C(C)C)c1-n1c(=N)n(-c2c(C(C)C)cccc2C(C)C)c2ccccc21. The summed E-state index contributed by atoms with van der Waals surface area (Å²) >= 11 is 0. The molecule has 3 heteroatoms. The van der Waals surface area contributed by atoms with Crippen molar-refractivity contribution in [3.63, 3.8) is 0 Å². The van der Waals surface area contributed by atoms with E-state index in [0.717, 1.165) is 11.0 Å². The minimum absolute atomic E-state index is 0.358. The molecule has 0 aliphatic rings. The maximum atomic E-state index is 9.63. The summed E-state index contributed by atoms with van der Waals surface area (Å²) in [5.74, 6) is 1.43. The predicted octanol–water partition coefficient (Wildman–Crippen LogP) is 8.39. The van der Waals surface area contributed by atoms with Gasteiger partial charge in [-0.1, -0.05) is 104 Å². The van der Waals surface area contributed by atoms with Crippen LogP contribution < -0.4 is 5.62 Å². The molecule has 1 N–H and O–H groups in total. The highest BCUT2D eigenvalue weighted by Crippen LogP contribution is 2.35. The summed E-state index contributed by atoms with van der Waals surface area (Å²) in [7, 11) is 0. The van der Waals surface area contributed by atoms with Crippen molar-refractivity contribution in [2.45, 2.75) is 79.1 Å². The Labute approximate surface area is 204 Å². The lowest BCUT2D eigenvalue weighted by atomic mass is 9.92. The maximum Gasteiger partial charge on any atom is 0.212 e. The molecule has 0 saturated heterocycles. The van der Waals surface area contributed by atoms with E-state index < -0.39 is 0 Å². The van der Waals surface area contributed by atoms with E-state index in [2.05, 4.69) is 125 Å². The number of imidazole rings is 1. The monoisotopic (exact) mass is 453 g/mol. The van der Waals surface area contributed by atoms with Crippen LogP contribution in [-0.4, -0.2) is 9.13 Å². The molecule has 0 amide bonds. The molecule has 0 atom stereocenters. The molecule has 34 heavy (non-hydrogen) atoms. The molecule has 4 rings (SSSR count). The van der Waals surface area contributed by atoms with Crippen LogP contribution in [0.5, 0.6) is 0 Å². The van der Waals surface area contributed by atoms with Crippen LogP contribution in [0.4, 0.5) is 0 Å². The molecule has 0 radical (unpaired) electrons. The van der Waals surface area contributed by atoms with E-state index in [1.165, 1.54) is 33.6 Å². The van der Waals surface area contributed by atoms with Crippen molar-refractivity contribution >= 4 is 11.0 Å². The topological polar surface area (TPSA) is 33.7 Å². The van der Waals surface area contributed by atoms with Gasteiger partial charge in [0.15, 0.2) is 0 Å². The molecule has 0 fully saturated rings. The molecule has 0 spiro atoms. The minimum Gasteiger partial charge on any atom is -0.278 e. The van der Waals surface area contributed by atoms with Gasteiger partial charge < -0.3 is 0 Å². The third-order valence-electron chi connectivity index (χ3n) is 6.92. The van der Waals surface area contributed by atoms with Crippen molar-refractivity contribution < 1.29 is 0 Å². The summed E-state index contributed by atoms with van der Waals surface area (Å²) in [6.45, 7) is 18.0. The molecule has 4 aromatic rings. The van der Waals surface area contributed by atoms with Gasteiger partial charge in [-0.05, 0) is 58.1 Å². The average Bonchev–Trinajstić information content (AvgIpc) is 3.08. The van der Waals surface area contributed by atoms with Crippen LogP contribution in [-0.2, 0) is 0 Å². The number of benzene rings is 3. The van der Waals surface area contributed by atoms with E-state index in [1.807, 2.05) is 0 Å². The summed E-state index contributed by atoms with van der Waals surface area (Å²) in [5, 5.41) is 9.63. The van der Waals surface area contributed by atoms with Crippen LogP contribution in [0.25, 0.3) is 22.4 Å². The summed E-state index contributed by atoms with van der Waals surface area (Å²) in [4.78, 5) is 0. The average molecular weight is 454 g/mol. The first-order valence-electron chi connectivity index (χ1n) is 12.7. The van der Waals surface area contributed by atoms with Gasteiger partial charge in [0.05, 0.1) is 22.4 Å². The van der Waals surface area contributed by atoms with Crippen molar-refractivity contribution in [1.82, 2.24) is 9.13 Å². The Morgan fingerprint density at radius 1 is 0.471 bits per heavy atom. The largest absolute Gasteiger partial charge is 0.278 e. The second kappa shape index (κ2) is 9.29. The number of rotatable bonds is 6. The van der Waals surface area contributed by atoms with Gasteiger partial charge in [-0.15, -0.1) is 0 Å². The number of aromatic nitrogens is 2. The fourth-order valence-corrected chi connectivity index (χ4v) is 5.16. The molecular formula is C31H39N3. The molecule has 1 aromatic heterocycles. The Kier molecular flexibility index (Phi) is 6.58. The van der Waals surface area contributed by atoms with Crippen molar-refractivity contribution in [3.8, 4) is 11.4 Å². The van der Waals surface area contributed by atoms with Crippen molar-refractivity contribution in [1.29, 1.82) is 5.41 Å². The number of fused-ring (bicyclic) bond motifs is 1. The molecular weight excluding hydrogens is 414 g/mol. The molecule has 178 valence electrons. The summed E-state index contributed by atoms with van der Waals surface area (Å²) in [6, 6.07) is 21.8. The zero-order chi connectivity index (χ0) is 24.7. The molecule has 0 saturated carbocycles. The fraction of sp³-hybridized carbons (Fsp3) is 0.387. The van der Waals surface area contributed by atoms with Crippen LogP contribution in [0.1, 0.15) is 101 Å². The number of para-hydroxylation sites is 4. The Balaban J connectivity index is 2.22. The molecule has 0 aliphatic heterocycles. The zero-order valence-electron chi connectivity index (χ0n) is 22.0. The van der Waals surface area contributed by atoms with E-state index in [4.69, 9.17) is 0 Å². The van der Waals surface area contributed by atoms with Gasteiger partial charge in [-0.3, -0.25) is 14.5 Å². The van der Waals surface area contributed by atoms with Gasteiger partial charge in [-0.2, -0.15) is 0 Å². The Bertz CT molecular complexity index is 1220. The lowest BCUT2D eigenvalue weighted by molar-refractivity contribution is 0.760. The van der Waals surface area contributed by atoms with Crippen LogP contribution in [0, 0.1) is 5.41 Å². The summed E-state index contributed by atoms with van der Waals surface area (Å²) in [6.07, 6.45) is 0. The third kappa shape index (κ3) is 3.91. The first kappa shape index (κ1) is 24.1. The van der Waals surface area contributed by atoms with Gasteiger partial charge in [0, 0.05) is 0 Å². The molecule has 0 unspecified atom stereocenters. The molecule has 3 aromatic carbocycles. The molecule has 0 bridgehead atoms. The van der Waals surface area contributed by atoms with Gasteiger partial charge in [-0.25, -0.2) is 0 Å². The maximum absolute atomic E-state index is 9.63. The van der Waals surface area contributed by atoms with Crippen molar-refractivity contribution in [2.24, 2.45) is 0 Å². The van der Waals surface area contributed by atoms with Crippen LogP contribution in [0.2, 0.25) is 0 Å². The fourth-order valence-electron chi connectivity index (χ4n) is 5.16. The first-order chi connectivity index (χ1) is 16.1.